The van der Waals surface area contributed by atoms with Gasteiger partial charge in [0.1, 0.15) is 5.75 Å². The van der Waals surface area contributed by atoms with Crippen molar-refractivity contribution in [2.75, 3.05) is 43.5 Å². The lowest BCUT2D eigenvalue weighted by Gasteiger charge is -2.36. The Hall–Kier alpha value is -1.95. The van der Waals surface area contributed by atoms with Gasteiger partial charge in [-0.1, -0.05) is 35.3 Å². The number of amides is 1. The number of hydrogen-bond donors (Lipinski definition) is 2. The van der Waals surface area contributed by atoms with Crippen LogP contribution in [0.1, 0.15) is 6.92 Å². The molecule has 1 aliphatic rings. The first-order valence-corrected chi connectivity index (χ1v) is 9.73. The van der Waals surface area contributed by atoms with Crippen molar-refractivity contribution >= 4 is 40.5 Å². The molecule has 0 bridgehead atoms. The monoisotopic (exact) mass is 408 g/mol. The van der Waals surface area contributed by atoms with Crippen LogP contribution in [0, 0.1) is 0 Å². The third-order valence-corrected chi connectivity index (χ3v) is 5.58. The van der Waals surface area contributed by atoms with Gasteiger partial charge in [0.15, 0.2) is 6.04 Å². The van der Waals surface area contributed by atoms with E-state index in [1.807, 2.05) is 31.2 Å². The number of para-hydroxylation sites is 1. The number of quaternary nitrogens is 1. The van der Waals surface area contributed by atoms with E-state index in [1.54, 1.807) is 25.3 Å². The van der Waals surface area contributed by atoms with Crippen molar-refractivity contribution in [2.24, 2.45) is 0 Å². The lowest BCUT2D eigenvalue weighted by atomic mass is 10.2. The number of anilines is 2. The quantitative estimate of drug-likeness (QED) is 0.799. The molecular weight excluding hydrogens is 385 g/mol. The number of ether oxygens (including phenoxy) is 1. The van der Waals surface area contributed by atoms with Crippen LogP contribution in [0.15, 0.2) is 42.5 Å². The van der Waals surface area contributed by atoms with E-state index >= 15 is 0 Å². The third-order valence-electron chi connectivity index (χ3n) is 5.02. The van der Waals surface area contributed by atoms with Gasteiger partial charge in [0.25, 0.3) is 5.91 Å². The topological polar surface area (TPSA) is 46.0 Å². The molecule has 0 unspecified atom stereocenters. The van der Waals surface area contributed by atoms with Crippen molar-refractivity contribution in [1.29, 1.82) is 0 Å². The number of benzene rings is 2. The van der Waals surface area contributed by atoms with Crippen LogP contribution >= 0.6 is 23.2 Å². The molecule has 7 heteroatoms. The number of nitrogens with zero attached hydrogens (tertiary/aromatic N) is 1. The summed E-state index contributed by atoms with van der Waals surface area (Å²) in [6.45, 7) is 5.40. The summed E-state index contributed by atoms with van der Waals surface area (Å²) in [4.78, 5) is 16.3. The molecule has 1 amide bonds. The molecule has 0 aliphatic carbocycles. The molecule has 2 aromatic carbocycles. The first kappa shape index (κ1) is 19.8. The van der Waals surface area contributed by atoms with Gasteiger partial charge in [-0.25, -0.2) is 0 Å². The Bertz CT molecular complexity index is 808. The number of carbonyl (C=O) groups excluding carboxylic acids is 1. The fourth-order valence-electron chi connectivity index (χ4n) is 3.38. The molecule has 27 heavy (non-hydrogen) atoms. The maximum absolute atomic E-state index is 12.7. The summed E-state index contributed by atoms with van der Waals surface area (Å²) in [6, 6.07) is 12.9. The van der Waals surface area contributed by atoms with Gasteiger partial charge in [0, 0.05) is 5.02 Å². The highest BCUT2D eigenvalue weighted by molar-refractivity contribution is 6.33. The van der Waals surface area contributed by atoms with Crippen LogP contribution in [0.25, 0.3) is 0 Å². The SMILES string of the molecule is COc1ccc(Cl)cc1NC(=O)[C@H](C)[NH+]1CCN(c2ccccc2Cl)CC1. The van der Waals surface area contributed by atoms with Crippen LogP contribution in [0.5, 0.6) is 5.75 Å². The molecule has 0 spiro atoms. The zero-order valence-corrected chi connectivity index (χ0v) is 17.0. The van der Waals surface area contributed by atoms with E-state index in [9.17, 15) is 4.79 Å². The van der Waals surface area contributed by atoms with Crippen LogP contribution in [0.3, 0.4) is 0 Å². The predicted octanol–water partition coefficient (Wildman–Crippen LogP) is 2.73. The van der Waals surface area contributed by atoms with Gasteiger partial charge in [0.2, 0.25) is 0 Å². The second-order valence-corrected chi connectivity index (χ2v) is 7.50. The zero-order chi connectivity index (χ0) is 19.4. The van der Waals surface area contributed by atoms with Crippen molar-refractivity contribution in [3.8, 4) is 5.75 Å². The number of methoxy groups -OCH3 is 1. The highest BCUT2D eigenvalue weighted by Crippen LogP contribution is 2.28. The highest BCUT2D eigenvalue weighted by Gasteiger charge is 2.30. The third kappa shape index (κ3) is 4.67. The molecular formula is C20H24Cl2N3O2+. The van der Waals surface area contributed by atoms with Crippen molar-refractivity contribution in [3.63, 3.8) is 0 Å². The second-order valence-electron chi connectivity index (χ2n) is 6.65. The van der Waals surface area contributed by atoms with Crippen LogP contribution < -0.4 is 19.9 Å². The molecule has 1 fully saturated rings. The number of rotatable bonds is 5. The Morgan fingerprint density at radius 2 is 1.89 bits per heavy atom. The molecule has 1 atom stereocenters. The summed E-state index contributed by atoms with van der Waals surface area (Å²) in [5.41, 5.74) is 1.65. The number of nitrogens with one attached hydrogen (secondary N) is 2. The molecule has 1 saturated heterocycles. The average Bonchev–Trinajstić information content (AvgIpc) is 2.68. The number of carbonyl (C=O) groups is 1. The Morgan fingerprint density at radius 3 is 2.56 bits per heavy atom. The molecule has 2 aromatic rings. The van der Waals surface area contributed by atoms with Crippen molar-refractivity contribution in [2.45, 2.75) is 13.0 Å². The van der Waals surface area contributed by atoms with Gasteiger partial charge in [-0.15, -0.1) is 0 Å². The summed E-state index contributed by atoms with van der Waals surface area (Å²) in [7, 11) is 1.57. The molecule has 1 heterocycles. The van der Waals surface area contributed by atoms with Crippen LogP contribution in [0.4, 0.5) is 11.4 Å². The fourth-order valence-corrected chi connectivity index (χ4v) is 3.81. The molecule has 0 radical (unpaired) electrons. The zero-order valence-electron chi connectivity index (χ0n) is 15.5. The normalized spacial score (nSPS) is 16.1. The molecule has 2 N–H and O–H groups in total. The van der Waals surface area contributed by atoms with E-state index in [-0.39, 0.29) is 11.9 Å². The van der Waals surface area contributed by atoms with Crippen molar-refractivity contribution in [3.05, 3.63) is 52.5 Å². The van der Waals surface area contributed by atoms with Crippen molar-refractivity contribution in [1.82, 2.24) is 0 Å². The second kappa shape index (κ2) is 8.83. The lowest BCUT2D eigenvalue weighted by molar-refractivity contribution is -0.914. The lowest BCUT2D eigenvalue weighted by Crippen LogP contribution is -3.19. The van der Waals surface area contributed by atoms with Gasteiger partial charge in [-0.05, 0) is 37.3 Å². The largest absolute Gasteiger partial charge is 0.495 e. The van der Waals surface area contributed by atoms with Gasteiger partial charge in [-0.2, -0.15) is 0 Å². The smallest absolute Gasteiger partial charge is 0.282 e. The minimum atomic E-state index is -0.179. The van der Waals surface area contributed by atoms with E-state index in [2.05, 4.69) is 10.2 Å². The van der Waals surface area contributed by atoms with E-state index in [0.717, 1.165) is 36.9 Å². The summed E-state index contributed by atoms with van der Waals surface area (Å²) in [6.07, 6.45) is 0. The predicted molar refractivity (Wildman–Crippen MR) is 110 cm³/mol. The molecule has 144 valence electrons. The maximum atomic E-state index is 12.7. The molecule has 5 nitrogen and oxygen atoms in total. The number of halogens is 2. The first-order chi connectivity index (χ1) is 13.0. The Kier molecular flexibility index (Phi) is 6.47. The minimum Gasteiger partial charge on any atom is -0.495 e. The number of piperazine rings is 1. The Morgan fingerprint density at radius 1 is 1.19 bits per heavy atom. The maximum Gasteiger partial charge on any atom is 0.282 e. The molecule has 0 saturated carbocycles. The van der Waals surface area contributed by atoms with Crippen molar-refractivity contribution < 1.29 is 14.4 Å². The van der Waals surface area contributed by atoms with Gasteiger partial charge >= 0.3 is 0 Å². The van der Waals surface area contributed by atoms with Gasteiger partial charge in [0.05, 0.1) is 49.7 Å². The summed E-state index contributed by atoms with van der Waals surface area (Å²) >= 11 is 12.3. The Balaban J connectivity index is 1.61. The van der Waals surface area contributed by atoms with Gasteiger partial charge < -0.3 is 19.9 Å². The summed E-state index contributed by atoms with van der Waals surface area (Å²) in [5, 5.41) is 4.27. The molecule has 1 aliphatic heterocycles. The molecule has 3 rings (SSSR count). The summed E-state index contributed by atoms with van der Waals surface area (Å²) < 4.78 is 5.30. The number of hydrogen-bond acceptors (Lipinski definition) is 3. The Labute approximate surface area is 169 Å². The highest BCUT2D eigenvalue weighted by atomic mass is 35.5. The average molecular weight is 409 g/mol. The fraction of sp³-hybridized carbons (Fsp3) is 0.350. The van der Waals surface area contributed by atoms with Gasteiger partial charge in [-0.3, -0.25) is 4.79 Å². The standard InChI is InChI=1S/C20H23Cl2N3O2/c1-14(20(26)23-17-13-15(21)7-8-19(17)27-2)24-9-11-25(12-10-24)18-6-4-3-5-16(18)22/h3-8,13-14H,9-12H2,1-2H3,(H,23,26)/p+1/t14-/m0/s1. The van der Waals surface area contributed by atoms with Crippen LogP contribution in [-0.2, 0) is 4.79 Å². The van der Waals surface area contributed by atoms with Crippen LogP contribution in [-0.4, -0.2) is 45.2 Å². The minimum absolute atomic E-state index is 0.0447. The van der Waals surface area contributed by atoms with Crippen LogP contribution in [0.2, 0.25) is 10.0 Å². The van der Waals surface area contributed by atoms with E-state index in [1.165, 1.54) is 4.90 Å². The first-order valence-electron chi connectivity index (χ1n) is 8.98. The van der Waals surface area contributed by atoms with E-state index in [0.29, 0.717) is 16.5 Å². The van der Waals surface area contributed by atoms with E-state index in [4.69, 9.17) is 27.9 Å². The summed E-state index contributed by atoms with van der Waals surface area (Å²) in [5.74, 6) is 0.551. The molecule has 0 aromatic heterocycles. The van der Waals surface area contributed by atoms with E-state index < -0.39 is 0 Å².